The largest absolute Gasteiger partial charge is 0.224 e. The van der Waals surface area contributed by atoms with Gasteiger partial charge in [-0.2, -0.15) is 0 Å². The number of rotatable bonds is 1. The maximum Gasteiger partial charge on any atom is 0.176 e. The highest BCUT2D eigenvalue weighted by atomic mass is 79.9. The Hall–Kier alpha value is 0.130. The first-order chi connectivity index (χ1) is 5.41. The molecule has 0 fully saturated rings. The van der Waals surface area contributed by atoms with Crippen molar-refractivity contribution in [3.05, 3.63) is 27.1 Å². The van der Waals surface area contributed by atoms with Gasteiger partial charge < -0.3 is 0 Å². The summed E-state index contributed by atoms with van der Waals surface area (Å²) >= 11 is 6.37. The minimum Gasteiger partial charge on any atom is -0.224 e. The standard InChI is InChI=1S/C7H6Br2O2S/c1-12(10,11)7-4-5(8)2-3-6(7)9/h2-4H,1H3. The van der Waals surface area contributed by atoms with Crippen LogP contribution in [0.15, 0.2) is 32.0 Å². The van der Waals surface area contributed by atoms with E-state index >= 15 is 0 Å². The molecule has 0 aliphatic rings. The van der Waals surface area contributed by atoms with Crippen LogP contribution in [0.5, 0.6) is 0 Å². The number of hydrogen-bond donors (Lipinski definition) is 0. The average Bonchev–Trinajstić information content (AvgIpc) is 1.92. The van der Waals surface area contributed by atoms with Gasteiger partial charge in [-0.1, -0.05) is 15.9 Å². The fraction of sp³-hybridized carbons (Fsp3) is 0.143. The Morgan fingerprint density at radius 2 is 1.83 bits per heavy atom. The zero-order chi connectivity index (χ0) is 9.35. The highest BCUT2D eigenvalue weighted by Crippen LogP contribution is 2.25. The van der Waals surface area contributed by atoms with Crippen LogP contribution in [0.1, 0.15) is 0 Å². The molecular formula is C7H6Br2O2S. The van der Waals surface area contributed by atoms with Gasteiger partial charge >= 0.3 is 0 Å². The second-order valence-electron chi connectivity index (χ2n) is 2.35. The van der Waals surface area contributed by atoms with Crippen molar-refractivity contribution in [2.24, 2.45) is 0 Å². The highest BCUT2D eigenvalue weighted by molar-refractivity contribution is 9.11. The van der Waals surface area contributed by atoms with E-state index in [2.05, 4.69) is 31.9 Å². The second kappa shape index (κ2) is 3.47. The molecule has 0 amide bonds. The van der Waals surface area contributed by atoms with E-state index in [1.165, 1.54) is 6.26 Å². The minimum atomic E-state index is -3.13. The Bertz CT molecular complexity index is 398. The third kappa shape index (κ3) is 2.31. The van der Waals surface area contributed by atoms with Crippen molar-refractivity contribution in [1.82, 2.24) is 0 Å². The Morgan fingerprint density at radius 1 is 1.25 bits per heavy atom. The lowest BCUT2D eigenvalue weighted by atomic mass is 10.4. The number of hydrogen-bond acceptors (Lipinski definition) is 2. The molecule has 0 atom stereocenters. The summed E-state index contributed by atoms with van der Waals surface area (Å²) in [6.45, 7) is 0. The fourth-order valence-corrected chi connectivity index (χ4v) is 3.17. The molecule has 12 heavy (non-hydrogen) atoms. The molecule has 0 saturated carbocycles. The fourth-order valence-electron chi connectivity index (χ4n) is 0.761. The van der Waals surface area contributed by atoms with Crippen LogP contribution in [0.3, 0.4) is 0 Å². The van der Waals surface area contributed by atoms with Gasteiger partial charge in [-0.25, -0.2) is 8.42 Å². The van der Waals surface area contributed by atoms with Gasteiger partial charge in [-0.15, -0.1) is 0 Å². The van der Waals surface area contributed by atoms with Crippen LogP contribution in [-0.2, 0) is 9.84 Å². The van der Waals surface area contributed by atoms with Crippen molar-refractivity contribution in [2.45, 2.75) is 4.90 Å². The van der Waals surface area contributed by atoms with Gasteiger partial charge in [0, 0.05) is 15.2 Å². The molecule has 1 aromatic carbocycles. The molecule has 1 rings (SSSR count). The van der Waals surface area contributed by atoms with Crippen molar-refractivity contribution in [1.29, 1.82) is 0 Å². The monoisotopic (exact) mass is 312 g/mol. The molecule has 66 valence electrons. The van der Waals surface area contributed by atoms with Crippen LogP contribution in [0.2, 0.25) is 0 Å². The Balaban J connectivity index is 3.43. The molecule has 0 bridgehead atoms. The van der Waals surface area contributed by atoms with Gasteiger partial charge in [0.05, 0.1) is 4.90 Å². The lowest BCUT2D eigenvalue weighted by molar-refractivity contribution is 0.601. The van der Waals surface area contributed by atoms with E-state index in [9.17, 15) is 8.42 Å². The van der Waals surface area contributed by atoms with Gasteiger partial charge in [0.25, 0.3) is 0 Å². The predicted octanol–water partition coefficient (Wildman–Crippen LogP) is 2.62. The number of benzene rings is 1. The normalized spacial score (nSPS) is 11.6. The van der Waals surface area contributed by atoms with Gasteiger partial charge in [0.15, 0.2) is 9.84 Å². The lowest BCUT2D eigenvalue weighted by Crippen LogP contribution is -1.97. The maximum absolute atomic E-state index is 11.2. The Morgan fingerprint density at radius 3 is 2.25 bits per heavy atom. The van der Waals surface area contributed by atoms with E-state index < -0.39 is 9.84 Å². The molecule has 0 aliphatic carbocycles. The summed E-state index contributed by atoms with van der Waals surface area (Å²) in [5.74, 6) is 0. The van der Waals surface area contributed by atoms with Crippen LogP contribution >= 0.6 is 31.9 Å². The summed E-state index contributed by atoms with van der Waals surface area (Å²) in [5, 5.41) is 0. The molecule has 0 heterocycles. The zero-order valence-electron chi connectivity index (χ0n) is 6.21. The first-order valence-corrected chi connectivity index (χ1v) is 6.54. The van der Waals surface area contributed by atoms with Crippen LogP contribution < -0.4 is 0 Å². The second-order valence-corrected chi connectivity index (χ2v) is 6.10. The Labute approximate surface area is 88.2 Å². The molecular weight excluding hydrogens is 308 g/mol. The van der Waals surface area contributed by atoms with Crippen molar-refractivity contribution in [3.8, 4) is 0 Å². The number of sulfone groups is 1. The minimum absolute atomic E-state index is 0.303. The topological polar surface area (TPSA) is 34.1 Å². The van der Waals surface area contributed by atoms with Crippen molar-refractivity contribution in [2.75, 3.05) is 6.26 Å². The van der Waals surface area contributed by atoms with Crippen molar-refractivity contribution >= 4 is 41.7 Å². The summed E-state index contributed by atoms with van der Waals surface area (Å²) in [4.78, 5) is 0.303. The van der Waals surface area contributed by atoms with Crippen molar-refractivity contribution < 1.29 is 8.42 Å². The highest BCUT2D eigenvalue weighted by Gasteiger charge is 2.11. The van der Waals surface area contributed by atoms with E-state index in [0.717, 1.165) is 4.47 Å². The van der Waals surface area contributed by atoms with Crippen LogP contribution in [0.25, 0.3) is 0 Å². The number of halogens is 2. The third-order valence-electron chi connectivity index (χ3n) is 1.29. The van der Waals surface area contributed by atoms with E-state index in [1.54, 1.807) is 18.2 Å². The summed E-state index contributed by atoms with van der Waals surface area (Å²) in [5.41, 5.74) is 0. The maximum atomic E-state index is 11.2. The van der Waals surface area contributed by atoms with Gasteiger partial charge in [-0.05, 0) is 34.1 Å². The van der Waals surface area contributed by atoms with Crippen LogP contribution in [0, 0.1) is 0 Å². The molecule has 0 spiro atoms. The smallest absolute Gasteiger partial charge is 0.176 e. The molecule has 5 heteroatoms. The molecule has 0 aromatic heterocycles. The zero-order valence-corrected chi connectivity index (χ0v) is 10.2. The Kier molecular flexibility index (Phi) is 2.96. The van der Waals surface area contributed by atoms with Gasteiger partial charge in [-0.3, -0.25) is 0 Å². The SMILES string of the molecule is CS(=O)(=O)c1cc(Br)ccc1Br. The first kappa shape index (κ1) is 10.2. The lowest BCUT2D eigenvalue weighted by Gasteiger charge is -2.01. The third-order valence-corrected chi connectivity index (χ3v) is 3.88. The summed E-state index contributed by atoms with van der Waals surface area (Å²) < 4.78 is 23.7. The van der Waals surface area contributed by atoms with E-state index in [0.29, 0.717) is 9.37 Å². The molecule has 0 radical (unpaired) electrons. The van der Waals surface area contributed by atoms with E-state index in [1.807, 2.05) is 0 Å². The molecule has 0 unspecified atom stereocenters. The summed E-state index contributed by atoms with van der Waals surface area (Å²) in [6, 6.07) is 5.04. The molecule has 0 aliphatic heterocycles. The molecule has 0 saturated heterocycles. The van der Waals surface area contributed by atoms with Crippen molar-refractivity contribution in [3.63, 3.8) is 0 Å². The van der Waals surface area contributed by atoms with Gasteiger partial charge in [0.1, 0.15) is 0 Å². The molecule has 0 N–H and O–H groups in total. The average molecular weight is 314 g/mol. The summed E-state index contributed by atoms with van der Waals surface area (Å²) in [7, 11) is -3.13. The van der Waals surface area contributed by atoms with Crippen LogP contribution in [-0.4, -0.2) is 14.7 Å². The first-order valence-electron chi connectivity index (χ1n) is 3.06. The van der Waals surface area contributed by atoms with E-state index in [-0.39, 0.29) is 0 Å². The predicted molar refractivity (Wildman–Crippen MR) is 55.0 cm³/mol. The quantitative estimate of drug-likeness (QED) is 0.798. The molecule has 1 aromatic rings. The van der Waals surface area contributed by atoms with E-state index in [4.69, 9.17) is 0 Å². The molecule has 2 nitrogen and oxygen atoms in total. The van der Waals surface area contributed by atoms with Gasteiger partial charge in [0.2, 0.25) is 0 Å². The summed E-state index contributed by atoms with van der Waals surface area (Å²) in [6.07, 6.45) is 1.18. The van der Waals surface area contributed by atoms with Crippen LogP contribution in [0.4, 0.5) is 0 Å².